The Bertz CT molecular complexity index is 2380. The highest BCUT2D eigenvalue weighted by atomic mass is 16.3. The Morgan fingerprint density at radius 3 is 1.51 bits per heavy atom. The summed E-state index contributed by atoms with van der Waals surface area (Å²) in [6.07, 6.45) is 3.95. The SMILES string of the molecule is C/C=C/C[C@@H](C)[C@@H](O)C1C(=O)N[C@H](CCC)C(=O)N(C)CC(=O)N(C)[C@@H](CC(C)(C)O)C(=O)N[C@H](C(C)C)C(=O)N(C)[C@@H](CC(C)C)C(=O)N[C@H](C)C(=O)NC(CCCCNC)C(=O)N(C)CC(=O)N(C)[C@@H](CC(C)C)C(=O)N(C)[C@H](C(C)C)C(=O)N1C. The van der Waals surface area contributed by atoms with Crippen LogP contribution in [-0.2, 0) is 52.7 Å². The molecule has 0 saturated carbocycles. The Labute approximate surface area is 525 Å². The second-order valence-electron chi connectivity index (χ2n) is 26.4. The maximum Gasteiger partial charge on any atom is 0.246 e. The minimum absolute atomic E-state index is 0.0564. The first-order valence-corrected chi connectivity index (χ1v) is 31.4. The zero-order chi connectivity index (χ0) is 68.0. The Morgan fingerprint density at radius 1 is 0.568 bits per heavy atom. The first-order valence-electron chi connectivity index (χ1n) is 31.4. The lowest BCUT2D eigenvalue weighted by Gasteiger charge is -2.41. The average Bonchev–Trinajstić information content (AvgIpc) is 1.44. The number of amides is 11. The minimum Gasteiger partial charge on any atom is -0.390 e. The third-order valence-electron chi connectivity index (χ3n) is 16.3. The number of unbranched alkanes of at least 4 members (excludes halogenated alkanes) is 1. The van der Waals surface area contributed by atoms with Crippen LogP contribution < -0.4 is 26.6 Å². The number of rotatable bonds is 19. The molecule has 0 aromatic carbocycles. The molecule has 7 N–H and O–H groups in total. The van der Waals surface area contributed by atoms with Gasteiger partial charge >= 0.3 is 0 Å². The van der Waals surface area contributed by atoms with E-state index in [0.29, 0.717) is 32.2 Å². The van der Waals surface area contributed by atoms with Crippen LogP contribution >= 0.6 is 0 Å². The standard InChI is InChI=1S/C63H114N12O13/c1-23-25-29-41(11)53(78)52-57(82)67-43(28-24-2)58(83)69(16)36-49(77)72(19)47(34-63(13,14)88)56(81)68-50(39(7)8)61(86)73(20)45(32-37(3)4)55(80)65-42(12)54(79)66-44(30-26-27-31-64-15)59(84)70(17)35-48(76)71(18)46(33-38(5)6)60(85)74(21)51(40(9)10)62(87)75(52)22/h23,25,37-47,50-53,64,78,88H,24,26-36H2,1-22H3,(H,65,80)(H,66,79)(H,67,82)(H,68,81)/b25-23+/t41-,42-,43-,44?,45+,46+,47+,50-,51-,52?,53-/m1/s1. The summed E-state index contributed by atoms with van der Waals surface area (Å²) in [5.41, 5.74) is -1.55. The van der Waals surface area contributed by atoms with Crippen LogP contribution in [0.5, 0.6) is 0 Å². The van der Waals surface area contributed by atoms with Crippen LogP contribution in [0, 0.1) is 29.6 Å². The molecule has 0 aromatic rings. The van der Waals surface area contributed by atoms with E-state index < -0.39 is 162 Å². The zero-order valence-electron chi connectivity index (χ0n) is 57.3. The number of carbonyl (C=O) groups excluding carboxylic acids is 11. The molecule has 0 aromatic heterocycles. The van der Waals surface area contributed by atoms with E-state index >= 15 is 4.79 Å². The molecule has 1 aliphatic heterocycles. The van der Waals surface area contributed by atoms with Crippen LogP contribution in [0.25, 0.3) is 0 Å². The van der Waals surface area contributed by atoms with E-state index in [-0.39, 0.29) is 43.9 Å². The van der Waals surface area contributed by atoms with E-state index in [9.17, 15) is 58.2 Å². The van der Waals surface area contributed by atoms with Crippen molar-refractivity contribution in [3.63, 3.8) is 0 Å². The van der Waals surface area contributed by atoms with Gasteiger partial charge in [0.1, 0.15) is 54.4 Å². The quantitative estimate of drug-likeness (QED) is 0.0716. The summed E-state index contributed by atoms with van der Waals surface area (Å²) in [5, 5.41) is 37.3. The van der Waals surface area contributed by atoms with E-state index in [1.807, 2.05) is 27.7 Å². The molecule has 25 nitrogen and oxygen atoms in total. The molecule has 0 aliphatic carbocycles. The number of hydrogen-bond donors (Lipinski definition) is 7. The topological polar surface area (TPSA) is 311 Å². The lowest BCUT2D eigenvalue weighted by Crippen LogP contribution is -2.63. The van der Waals surface area contributed by atoms with Crippen LogP contribution in [0.4, 0.5) is 0 Å². The van der Waals surface area contributed by atoms with E-state index in [2.05, 4.69) is 26.6 Å². The summed E-state index contributed by atoms with van der Waals surface area (Å²) in [6, 6.07) is -11.7. The highest BCUT2D eigenvalue weighted by molar-refractivity contribution is 5.99. The zero-order valence-corrected chi connectivity index (χ0v) is 57.3. The minimum atomic E-state index is -1.63. The van der Waals surface area contributed by atoms with E-state index in [4.69, 9.17) is 0 Å². The number of likely N-dealkylation sites (N-methyl/N-ethyl adjacent to an activating group) is 7. The van der Waals surface area contributed by atoms with Gasteiger partial charge in [0.25, 0.3) is 0 Å². The van der Waals surface area contributed by atoms with Gasteiger partial charge in [-0.05, 0) is 116 Å². The predicted octanol–water partition coefficient (Wildman–Crippen LogP) is 1.73. The van der Waals surface area contributed by atoms with Gasteiger partial charge in [-0.15, -0.1) is 0 Å². The largest absolute Gasteiger partial charge is 0.390 e. The molecule has 1 rings (SSSR count). The predicted molar refractivity (Wildman–Crippen MR) is 338 cm³/mol. The van der Waals surface area contributed by atoms with Gasteiger partial charge in [0.05, 0.1) is 24.8 Å². The molecule has 88 heavy (non-hydrogen) atoms. The van der Waals surface area contributed by atoms with Crippen molar-refractivity contribution in [2.24, 2.45) is 29.6 Å². The second kappa shape index (κ2) is 37.1. The summed E-state index contributed by atoms with van der Waals surface area (Å²) in [4.78, 5) is 168. The second-order valence-corrected chi connectivity index (χ2v) is 26.4. The van der Waals surface area contributed by atoms with Gasteiger partial charge in [-0.3, -0.25) is 52.7 Å². The molecular formula is C63H114N12O13. The van der Waals surface area contributed by atoms with Crippen molar-refractivity contribution in [2.75, 3.05) is 76.0 Å². The normalized spacial score (nSPS) is 25.6. The third-order valence-corrected chi connectivity index (χ3v) is 16.3. The fourth-order valence-electron chi connectivity index (χ4n) is 10.8. The van der Waals surface area contributed by atoms with Crippen molar-refractivity contribution in [1.82, 2.24) is 60.9 Å². The van der Waals surface area contributed by atoms with Gasteiger partial charge in [0.15, 0.2) is 0 Å². The molecule has 11 amide bonds. The number of hydrogen-bond acceptors (Lipinski definition) is 14. The highest BCUT2D eigenvalue weighted by Crippen LogP contribution is 2.25. The summed E-state index contributed by atoms with van der Waals surface area (Å²) in [5.74, 6) is -10.1. The van der Waals surface area contributed by atoms with Crippen molar-refractivity contribution >= 4 is 65.0 Å². The third kappa shape index (κ3) is 24.0. The van der Waals surface area contributed by atoms with Crippen LogP contribution in [0.15, 0.2) is 12.2 Å². The number of allylic oxidation sites excluding steroid dienone is 2. The Balaban J connectivity index is 4.35. The molecule has 11 atom stereocenters. The lowest BCUT2D eigenvalue weighted by atomic mass is 9.91. The molecular weight excluding hydrogens is 1130 g/mol. The van der Waals surface area contributed by atoms with Crippen molar-refractivity contribution in [3.8, 4) is 0 Å². The van der Waals surface area contributed by atoms with Gasteiger partial charge in [-0.1, -0.05) is 87.8 Å². The molecule has 1 saturated heterocycles. The fraction of sp³-hybridized carbons (Fsp3) is 0.794. The van der Waals surface area contributed by atoms with Crippen molar-refractivity contribution in [1.29, 1.82) is 0 Å². The lowest BCUT2D eigenvalue weighted by molar-refractivity contribution is -0.156. The molecule has 2 unspecified atom stereocenters. The first-order chi connectivity index (χ1) is 40.7. The molecule has 1 fully saturated rings. The van der Waals surface area contributed by atoms with E-state index in [1.165, 1.54) is 84.8 Å². The van der Waals surface area contributed by atoms with E-state index in [1.54, 1.807) is 67.7 Å². The van der Waals surface area contributed by atoms with Gasteiger partial charge in [-0.2, -0.15) is 0 Å². The maximum atomic E-state index is 15.1. The van der Waals surface area contributed by atoms with Gasteiger partial charge in [0, 0.05) is 55.8 Å². The van der Waals surface area contributed by atoms with Crippen LogP contribution in [0.2, 0.25) is 0 Å². The number of nitrogens with one attached hydrogen (secondary N) is 5. The van der Waals surface area contributed by atoms with Crippen molar-refractivity contribution < 1.29 is 63.0 Å². The number of aliphatic hydroxyl groups is 2. The smallest absolute Gasteiger partial charge is 0.246 e. The Hall–Kier alpha value is -6.21. The van der Waals surface area contributed by atoms with Gasteiger partial charge < -0.3 is 71.1 Å². The van der Waals surface area contributed by atoms with Crippen LogP contribution in [0.3, 0.4) is 0 Å². The van der Waals surface area contributed by atoms with Gasteiger partial charge in [0.2, 0.25) is 65.0 Å². The summed E-state index contributed by atoms with van der Waals surface area (Å²) in [6.45, 7) is 23.2. The highest BCUT2D eigenvalue weighted by Gasteiger charge is 2.45. The number of nitrogens with zero attached hydrogens (tertiary/aromatic N) is 7. The van der Waals surface area contributed by atoms with Gasteiger partial charge in [-0.25, -0.2) is 0 Å². The molecule has 1 aliphatic rings. The molecule has 0 bridgehead atoms. The maximum absolute atomic E-state index is 15.1. The Kier molecular flexibility index (Phi) is 33.6. The van der Waals surface area contributed by atoms with Crippen molar-refractivity contribution in [3.05, 3.63) is 12.2 Å². The summed E-state index contributed by atoms with van der Waals surface area (Å²) in [7, 11) is 11.4. The average molecular weight is 1250 g/mol. The number of aliphatic hydroxyl groups excluding tert-OH is 1. The summed E-state index contributed by atoms with van der Waals surface area (Å²) >= 11 is 0. The molecule has 0 radical (unpaired) electrons. The fourth-order valence-corrected chi connectivity index (χ4v) is 10.8. The Morgan fingerprint density at radius 2 is 1.05 bits per heavy atom. The molecule has 1 heterocycles. The van der Waals surface area contributed by atoms with Crippen LogP contribution in [0.1, 0.15) is 155 Å². The molecule has 0 spiro atoms. The molecule has 504 valence electrons. The van der Waals surface area contributed by atoms with E-state index in [0.717, 1.165) is 19.6 Å². The first kappa shape index (κ1) is 79.8. The van der Waals surface area contributed by atoms with Crippen LogP contribution in [-0.4, -0.2) is 252 Å². The summed E-state index contributed by atoms with van der Waals surface area (Å²) < 4.78 is 0. The van der Waals surface area contributed by atoms with Crippen molar-refractivity contribution in [2.45, 2.75) is 221 Å². The number of carbonyl (C=O) groups is 11. The monoisotopic (exact) mass is 1250 g/mol. The molecule has 25 heteroatoms.